The maximum atomic E-state index is 13.4. The Labute approximate surface area is 168 Å². The molecule has 0 aliphatic carbocycles. The molecule has 11 heteroatoms. The van der Waals surface area contributed by atoms with E-state index in [1.54, 1.807) is 19.1 Å². The molecule has 2 aliphatic heterocycles. The molecule has 1 amide bonds. The topological polar surface area (TPSA) is 101 Å². The van der Waals surface area contributed by atoms with Crippen molar-refractivity contribution in [2.45, 2.75) is 39.5 Å². The zero-order chi connectivity index (χ0) is 20.5. The third kappa shape index (κ3) is 4.00. The Morgan fingerprint density at radius 2 is 2.07 bits per heavy atom. The van der Waals surface area contributed by atoms with E-state index in [1.807, 2.05) is 0 Å². The van der Waals surface area contributed by atoms with E-state index in [2.05, 4.69) is 49.5 Å². The second kappa shape index (κ2) is 7.90. The van der Waals surface area contributed by atoms with Crippen LogP contribution in [0.15, 0.2) is 12.1 Å². The molecule has 2 aromatic heterocycles. The normalized spacial score (nSPS) is 22.5. The number of carbonyl (C=O) groups is 1. The Bertz CT molecular complexity index is 852. The number of hydrogen-bond donors (Lipinski definition) is 1. The van der Waals surface area contributed by atoms with Crippen LogP contribution in [-0.4, -0.2) is 74.5 Å². The van der Waals surface area contributed by atoms with Gasteiger partial charge in [-0.05, 0) is 24.1 Å². The van der Waals surface area contributed by atoms with Crippen LogP contribution in [0.3, 0.4) is 0 Å². The monoisotopic (exact) mass is 404 g/mol. The fourth-order valence-electron chi connectivity index (χ4n) is 3.66. The molecule has 2 atom stereocenters. The predicted octanol–water partition coefficient (Wildman–Crippen LogP) is 0.333. The highest BCUT2D eigenvalue weighted by Gasteiger charge is 2.39. The lowest BCUT2D eigenvalue weighted by molar-refractivity contribution is -0.131. The number of halogens is 1. The first-order valence-electron chi connectivity index (χ1n) is 9.75. The van der Waals surface area contributed by atoms with Gasteiger partial charge in [-0.2, -0.15) is 0 Å². The number of ether oxygens (including phenoxy) is 1. The van der Waals surface area contributed by atoms with Crippen molar-refractivity contribution in [3.63, 3.8) is 0 Å². The van der Waals surface area contributed by atoms with Crippen molar-refractivity contribution in [2.24, 2.45) is 5.92 Å². The summed E-state index contributed by atoms with van der Waals surface area (Å²) in [5.41, 5.74) is 0.690. The molecule has 156 valence electrons. The summed E-state index contributed by atoms with van der Waals surface area (Å²) >= 11 is 0. The molecular weight excluding hydrogens is 379 g/mol. The second-order valence-corrected chi connectivity index (χ2v) is 7.82. The highest BCUT2D eigenvalue weighted by molar-refractivity contribution is 5.84. The summed E-state index contributed by atoms with van der Waals surface area (Å²) in [7, 11) is 0. The first-order chi connectivity index (χ1) is 13.9. The van der Waals surface area contributed by atoms with Crippen LogP contribution in [0.4, 0.5) is 10.3 Å². The molecule has 1 N–H and O–H groups in total. The molecule has 0 radical (unpaired) electrons. The number of aryl methyl sites for hydroxylation is 1. The lowest BCUT2D eigenvalue weighted by Crippen LogP contribution is -2.67. The molecule has 10 nitrogen and oxygen atoms in total. The zero-order valence-corrected chi connectivity index (χ0v) is 16.7. The first-order valence-corrected chi connectivity index (χ1v) is 9.75. The fraction of sp³-hybridized carbons (Fsp3) is 0.611. The van der Waals surface area contributed by atoms with Crippen LogP contribution in [0, 0.1) is 12.8 Å². The fourth-order valence-corrected chi connectivity index (χ4v) is 3.66. The minimum atomic E-state index is -0.184. The summed E-state index contributed by atoms with van der Waals surface area (Å²) in [4.78, 5) is 17.0. The molecule has 29 heavy (non-hydrogen) atoms. The third-order valence-corrected chi connectivity index (χ3v) is 5.58. The molecule has 4 rings (SSSR count). The van der Waals surface area contributed by atoms with Crippen molar-refractivity contribution in [3.05, 3.63) is 23.5 Å². The molecule has 0 spiro atoms. The van der Waals surface area contributed by atoms with Gasteiger partial charge >= 0.3 is 0 Å². The number of amides is 1. The van der Waals surface area contributed by atoms with Crippen molar-refractivity contribution < 1.29 is 14.0 Å². The average molecular weight is 404 g/mol. The van der Waals surface area contributed by atoms with Crippen LogP contribution in [-0.2, 0) is 11.4 Å². The Balaban J connectivity index is 1.37. The lowest BCUT2D eigenvalue weighted by atomic mass is 9.97. The van der Waals surface area contributed by atoms with Gasteiger partial charge in [0.2, 0.25) is 11.8 Å². The number of piperazine rings is 2. The molecule has 2 aliphatic rings. The minimum absolute atomic E-state index is 0.0404. The van der Waals surface area contributed by atoms with E-state index in [-0.39, 0.29) is 41.1 Å². The van der Waals surface area contributed by atoms with Gasteiger partial charge < -0.3 is 15.0 Å². The maximum Gasteiger partial charge on any atom is 0.239 e. The van der Waals surface area contributed by atoms with E-state index in [4.69, 9.17) is 4.74 Å². The van der Waals surface area contributed by atoms with Gasteiger partial charge in [-0.3, -0.25) is 9.69 Å². The molecule has 4 heterocycles. The molecule has 1 unspecified atom stereocenters. The number of rotatable bonds is 5. The number of carbonyl (C=O) groups excluding carboxylic acids is 1. The van der Waals surface area contributed by atoms with Gasteiger partial charge in [-0.15, -0.1) is 15.3 Å². The Hall–Kier alpha value is -2.82. The molecule has 0 saturated carbocycles. The number of fused-ring (bicyclic) bond motifs is 1. The summed E-state index contributed by atoms with van der Waals surface area (Å²) in [6.45, 7) is 8.88. The molecule has 2 fully saturated rings. The summed E-state index contributed by atoms with van der Waals surface area (Å²) in [6, 6.07) is 3.50. The van der Waals surface area contributed by atoms with Crippen LogP contribution < -0.4 is 15.0 Å². The number of nitrogens with zero attached hydrogens (tertiary/aromatic N) is 7. The van der Waals surface area contributed by atoms with Crippen molar-refractivity contribution in [1.82, 2.24) is 35.6 Å². The third-order valence-electron chi connectivity index (χ3n) is 5.58. The quantitative estimate of drug-likeness (QED) is 0.761. The SMILES string of the molecule is Cc1nnn(F)c1COc1ccc(N2CCN3CC(C(C)C)NC(=O)[C@@H]3C2)nn1. The molecule has 0 bridgehead atoms. The van der Waals surface area contributed by atoms with E-state index >= 15 is 0 Å². The minimum Gasteiger partial charge on any atom is -0.470 e. The van der Waals surface area contributed by atoms with Gasteiger partial charge in [0, 0.05) is 38.3 Å². The molecular formula is C18H25FN8O2. The highest BCUT2D eigenvalue weighted by atomic mass is 19.2. The Kier molecular flexibility index (Phi) is 5.31. The smallest absolute Gasteiger partial charge is 0.239 e. The summed E-state index contributed by atoms with van der Waals surface area (Å²) in [5, 5.41) is 18.4. The van der Waals surface area contributed by atoms with Crippen molar-refractivity contribution >= 4 is 11.7 Å². The van der Waals surface area contributed by atoms with Gasteiger partial charge in [-0.25, -0.2) is 0 Å². The van der Waals surface area contributed by atoms with Crippen LogP contribution in [0.5, 0.6) is 5.88 Å². The van der Waals surface area contributed by atoms with Crippen LogP contribution in [0.2, 0.25) is 0 Å². The number of aromatic nitrogens is 5. The Morgan fingerprint density at radius 3 is 2.72 bits per heavy atom. The summed E-state index contributed by atoms with van der Waals surface area (Å²) in [6.07, 6.45) is 0. The van der Waals surface area contributed by atoms with Crippen LogP contribution in [0.25, 0.3) is 0 Å². The van der Waals surface area contributed by atoms with Crippen molar-refractivity contribution in [2.75, 3.05) is 31.1 Å². The van der Waals surface area contributed by atoms with E-state index in [0.717, 1.165) is 19.6 Å². The van der Waals surface area contributed by atoms with Crippen LogP contribution >= 0.6 is 0 Å². The number of nitrogens with one attached hydrogen (secondary N) is 1. The first kappa shape index (κ1) is 19.5. The largest absolute Gasteiger partial charge is 0.470 e. The van der Waals surface area contributed by atoms with Crippen molar-refractivity contribution in [1.29, 1.82) is 0 Å². The number of hydrogen-bond acceptors (Lipinski definition) is 8. The predicted molar refractivity (Wildman–Crippen MR) is 102 cm³/mol. The van der Waals surface area contributed by atoms with Crippen molar-refractivity contribution in [3.8, 4) is 5.88 Å². The Morgan fingerprint density at radius 1 is 1.24 bits per heavy atom. The van der Waals surface area contributed by atoms with Gasteiger partial charge in [0.15, 0.2) is 5.82 Å². The van der Waals surface area contributed by atoms with Gasteiger partial charge in [0.05, 0.1) is 5.69 Å². The lowest BCUT2D eigenvalue weighted by Gasteiger charge is -2.46. The average Bonchev–Trinajstić information content (AvgIpc) is 3.04. The van der Waals surface area contributed by atoms with E-state index in [0.29, 0.717) is 24.0 Å². The standard InChI is InChI=1S/C18H25FN8O2/c1-11(2)13-8-25-6-7-26(9-14(25)18(28)20-13)16-4-5-17(23-22-16)29-10-15-12(3)21-24-27(15)19/h4-5,11,13-14H,6-10H2,1-3H3,(H,20,28)/t13?,14-/m0/s1. The summed E-state index contributed by atoms with van der Waals surface area (Å²) in [5.74, 6) is 1.44. The zero-order valence-electron chi connectivity index (χ0n) is 16.7. The molecule has 2 saturated heterocycles. The highest BCUT2D eigenvalue weighted by Crippen LogP contribution is 2.22. The van der Waals surface area contributed by atoms with Crippen LogP contribution in [0.1, 0.15) is 25.2 Å². The van der Waals surface area contributed by atoms with E-state index in [1.165, 1.54) is 0 Å². The molecule has 0 aromatic carbocycles. The maximum absolute atomic E-state index is 13.4. The second-order valence-electron chi connectivity index (χ2n) is 7.82. The van der Waals surface area contributed by atoms with E-state index < -0.39 is 0 Å². The van der Waals surface area contributed by atoms with E-state index in [9.17, 15) is 9.28 Å². The van der Waals surface area contributed by atoms with Gasteiger partial charge in [0.25, 0.3) is 0 Å². The molecule has 2 aromatic rings. The number of anilines is 1. The summed E-state index contributed by atoms with van der Waals surface area (Å²) < 4.78 is 18.9. The van der Waals surface area contributed by atoms with Gasteiger partial charge in [0.1, 0.15) is 18.3 Å². The van der Waals surface area contributed by atoms with Gasteiger partial charge in [-0.1, -0.05) is 23.2 Å².